The molecule has 1 fully saturated rings. The maximum atomic E-state index is 12.0. The summed E-state index contributed by atoms with van der Waals surface area (Å²) in [5.74, 6) is 1.25. The highest BCUT2D eigenvalue weighted by molar-refractivity contribution is 7.91. The smallest absolute Gasteiger partial charge is 0.153 e. The van der Waals surface area contributed by atoms with E-state index in [1.807, 2.05) is 60.7 Å². The number of hydrogen-bond acceptors (Lipinski definition) is 4. The van der Waals surface area contributed by atoms with Gasteiger partial charge in [0.15, 0.2) is 9.84 Å². The highest BCUT2D eigenvalue weighted by Crippen LogP contribution is 2.26. The van der Waals surface area contributed by atoms with Crippen LogP contribution in [0.2, 0.25) is 0 Å². The Bertz CT molecular complexity index is 716. The Hall–Kier alpha value is -1.85. The van der Waals surface area contributed by atoms with E-state index < -0.39 is 9.84 Å². The molecule has 23 heavy (non-hydrogen) atoms. The second-order valence-corrected chi connectivity index (χ2v) is 7.97. The van der Waals surface area contributed by atoms with Crippen LogP contribution in [0.25, 0.3) is 0 Å². The van der Waals surface area contributed by atoms with Gasteiger partial charge in [-0.05, 0) is 17.7 Å². The molecule has 0 amide bonds. The first-order valence-corrected chi connectivity index (χ1v) is 9.63. The number of hydrogen-bond donors (Lipinski definition) is 0. The molecule has 122 valence electrons. The van der Waals surface area contributed by atoms with Gasteiger partial charge >= 0.3 is 0 Å². The van der Waals surface area contributed by atoms with Crippen LogP contribution in [0.5, 0.6) is 5.75 Å². The Morgan fingerprint density at radius 3 is 2.35 bits per heavy atom. The van der Waals surface area contributed by atoms with Gasteiger partial charge in [-0.3, -0.25) is 4.90 Å². The lowest BCUT2D eigenvalue weighted by Crippen LogP contribution is -2.44. The van der Waals surface area contributed by atoms with Crippen LogP contribution >= 0.6 is 0 Å². The number of nitrogens with zero attached hydrogens (tertiary/aromatic N) is 1. The van der Waals surface area contributed by atoms with Crippen molar-refractivity contribution < 1.29 is 13.2 Å². The van der Waals surface area contributed by atoms with Crippen LogP contribution in [0.1, 0.15) is 11.6 Å². The van der Waals surface area contributed by atoms with Gasteiger partial charge in [0.25, 0.3) is 0 Å². The summed E-state index contributed by atoms with van der Waals surface area (Å²) in [7, 11) is -2.97. The van der Waals surface area contributed by atoms with Gasteiger partial charge in [0.2, 0.25) is 0 Å². The first kappa shape index (κ1) is 16.0. The van der Waals surface area contributed by atoms with Crippen LogP contribution in [0.15, 0.2) is 60.7 Å². The molecule has 2 aromatic carbocycles. The van der Waals surface area contributed by atoms with E-state index in [1.54, 1.807) is 0 Å². The molecule has 1 aliphatic rings. The van der Waals surface area contributed by atoms with E-state index in [2.05, 4.69) is 4.90 Å². The minimum absolute atomic E-state index is 0.0886. The van der Waals surface area contributed by atoms with E-state index in [4.69, 9.17) is 4.74 Å². The topological polar surface area (TPSA) is 46.6 Å². The molecule has 0 bridgehead atoms. The molecule has 1 aliphatic heterocycles. The number of rotatable bonds is 5. The summed E-state index contributed by atoms with van der Waals surface area (Å²) in [6.07, 6.45) is 0. The molecule has 5 heteroatoms. The third-order valence-corrected chi connectivity index (χ3v) is 5.75. The fourth-order valence-electron chi connectivity index (χ4n) is 2.89. The number of benzene rings is 2. The van der Waals surface area contributed by atoms with Crippen LogP contribution < -0.4 is 4.74 Å². The summed E-state index contributed by atoms with van der Waals surface area (Å²) in [4.78, 5) is 2.21. The van der Waals surface area contributed by atoms with Crippen molar-refractivity contribution in [3.05, 3.63) is 66.2 Å². The van der Waals surface area contributed by atoms with E-state index in [9.17, 15) is 8.42 Å². The van der Waals surface area contributed by atoms with Crippen molar-refractivity contribution in [2.45, 2.75) is 6.04 Å². The van der Waals surface area contributed by atoms with E-state index in [0.29, 0.717) is 19.7 Å². The maximum Gasteiger partial charge on any atom is 0.153 e. The fraction of sp³-hybridized carbons (Fsp3) is 0.333. The summed E-state index contributed by atoms with van der Waals surface area (Å²) in [6.45, 7) is 1.82. The van der Waals surface area contributed by atoms with Gasteiger partial charge < -0.3 is 4.74 Å². The fourth-order valence-corrected chi connectivity index (χ4v) is 4.45. The van der Waals surface area contributed by atoms with Crippen molar-refractivity contribution in [2.24, 2.45) is 0 Å². The zero-order chi connectivity index (χ0) is 16.1. The Kier molecular flexibility index (Phi) is 4.98. The number of ether oxygens (including phenoxy) is 1. The predicted molar refractivity (Wildman–Crippen MR) is 91.3 cm³/mol. The average Bonchev–Trinajstić information content (AvgIpc) is 2.57. The summed E-state index contributed by atoms with van der Waals surface area (Å²) >= 11 is 0. The van der Waals surface area contributed by atoms with Gasteiger partial charge in [-0.25, -0.2) is 8.42 Å². The zero-order valence-electron chi connectivity index (χ0n) is 13.0. The monoisotopic (exact) mass is 331 g/mol. The lowest BCUT2D eigenvalue weighted by Gasteiger charge is -2.35. The van der Waals surface area contributed by atoms with Crippen LogP contribution in [0, 0.1) is 0 Å². The molecule has 0 saturated carbocycles. The van der Waals surface area contributed by atoms with Crippen molar-refractivity contribution in [1.29, 1.82) is 0 Å². The molecule has 0 radical (unpaired) electrons. The molecular formula is C18H21NO3S. The molecular weight excluding hydrogens is 310 g/mol. The SMILES string of the molecule is O=S1(=O)CCN(CCOc2ccccc2)[C@H](c2ccccc2)C1. The molecule has 2 aromatic rings. The largest absolute Gasteiger partial charge is 0.492 e. The lowest BCUT2D eigenvalue weighted by atomic mass is 10.1. The van der Waals surface area contributed by atoms with Crippen molar-refractivity contribution in [3.63, 3.8) is 0 Å². The highest BCUT2D eigenvalue weighted by Gasteiger charge is 2.31. The molecule has 1 saturated heterocycles. The quantitative estimate of drug-likeness (QED) is 0.845. The number of sulfone groups is 1. The minimum Gasteiger partial charge on any atom is -0.492 e. The molecule has 1 heterocycles. The average molecular weight is 331 g/mol. The van der Waals surface area contributed by atoms with Gasteiger partial charge in [-0.15, -0.1) is 0 Å². The summed E-state index contributed by atoms with van der Waals surface area (Å²) in [5, 5.41) is 0. The number of para-hydroxylation sites is 1. The zero-order valence-corrected chi connectivity index (χ0v) is 13.8. The summed E-state index contributed by atoms with van der Waals surface area (Å²) in [6, 6.07) is 19.4. The third kappa shape index (κ3) is 4.33. The Labute approximate surface area is 137 Å². The summed E-state index contributed by atoms with van der Waals surface area (Å²) < 4.78 is 29.8. The van der Waals surface area contributed by atoms with Crippen molar-refractivity contribution in [1.82, 2.24) is 4.90 Å². The second kappa shape index (κ2) is 7.15. The van der Waals surface area contributed by atoms with Crippen molar-refractivity contribution in [2.75, 3.05) is 31.2 Å². The van der Waals surface area contributed by atoms with Crippen LogP contribution in [0.3, 0.4) is 0 Å². The molecule has 4 nitrogen and oxygen atoms in total. The molecule has 1 atom stereocenters. The molecule has 0 aliphatic carbocycles. The Balaban J connectivity index is 1.66. The normalized spacial score (nSPS) is 21.0. The van der Waals surface area contributed by atoms with Gasteiger partial charge in [0, 0.05) is 19.1 Å². The van der Waals surface area contributed by atoms with Crippen LogP contribution in [-0.2, 0) is 9.84 Å². The Morgan fingerprint density at radius 1 is 1.00 bits per heavy atom. The second-order valence-electron chi connectivity index (χ2n) is 5.74. The third-order valence-electron chi connectivity index (χ3n) is 4.12. The van der Waals surface area contributed by atoms with Gasteiger partial charge in [-0.2, -0.15) is 0 Å². The maximum absolute atomic E-state index is 12.0. The van der Waals surface area contributed by atoms with E-state index in [-0.39, 0.29) is 17.5 Å². The molecule has 0 N–H and O–H groups in total. The molecule has 0 aromatic heterocycles. The predicted octanol–water partition coefficient (Wildman–Crippen LogP) is 2.54. The Morgan fingerprint density at radius 2 is 1.65 bits per heavy atom. The minimum atomic E-state index is -2.97. The van der Waals surface area contributed by atoms with E-state index in [1.165, 1.54) is 0 Å². The lowest BCUT2D eigenvalue weighted by molar-refractivity contribution is 0.171. The molecule has 3 rings (SSSR count). The molecule has 0 unspecified atom stereocenters. The van der Waals surface area contributed by atoms with Gasteiger partial charge in [-0.1, -0.05) is 48.5 Å². The van der Waals surface area contributed by atoms with E-state index in [0.717, 1.165) is 11.3 Å². The first-order chi connectivity index (χ1) is 11.1. The summed E-state index contributed by atoms with van der Waals surface area (Å²) in [5.41, 5.74) is 1.05. The highest BCUT2D eigenvalue weighted by atomic mass is 32.2. The molecule has 0 spiro atoms. The van der Waals surface area contributed by atoms with E-state index >= 15 is 0 Å². The van der Waals surface area contributed by atoms with Gasteiger partial charge in [0.1, 0.15) is 12.4 Å². The van der Waals surface area contributed by atoms with Crippen LogP contribution in [0.4, 0.5) is 0 Å². The first-order valence-electron chi connectivity index (χ1n) is 7.81. The standard InChI is InChI=1S/C18H21NO3S/c20-23(21)14-12-19(11-13-22-17-9-5-2-6-10-17)18(15-23)16-7-3-1-4-8-16/h1-10,18H,11-15H2/t18-/m0/s1. The van der Waals surface area contributed by atoms with Gasteiger partial charge in [0.05, 0.1) is 11.5 Å². The van der Waals surface area contributed by atoms with Crippen LogP contribution in [-0.4, -0.2) is 44.5 Å². The van der Waals surface area contributed by atoms with Crippen molar-refractivity contribution in [3.8, 4) is 5.75 Å². The van der Waals surface area contributed by atoms with Crippen molar-refractivity contribution >= 4 is 9.84 Å².